The zero-order valence-corrected chi connectivity index (χ0v) is 43.4. The standard InChI is InChI=1S/C53H63FN8O10S2/c1-32(2)39-6-4-5-7-40(39)46-30-60(74(69,70)37-9-10-37)20-21-61(46)35-26-53(27-35)16-18-59(19-17-53)34-8-11-41(47(22-34)72-36-23-42-43(54)29-56-50(42)55-28-36)51(63)58-73(67,68)38-24-45(62(65)66)49-48(25-38)71-31-44(57-49)33-12-14-52(3,64)15-13-33/h4-8,11,22-25,28-29,32-33,35,37,44,46,57,64H,9-10,12-21,26-27,30-31H2,1-3H3,(H,55,56)(H,58,63)/t33-,44-,46-,52-/m1/s1. The Kier molecular flexibility index (Phi) is 12.9. The fourth-order valence-electron chi connectivity index (χ4n) is 12.3. The minimum atomic E-state index is -4.75. The van der Waals surface area contributed by atoms with Crippen LogP contribution in [0.1, 0.15) is 118 Å². The number of carbonyl (C=O) groups is 1. The zero-order valence-electron chi connectivity index (χ0n) is 41.8. The number of nitro groups is 1. The van der Waals surface area contributed by atoms with E-state index in [2.05, 4.69) is 67.9 Å². The lowest BCUT2D eigenvalue weighted by atomic mass is 9.59. The number of hydrogen-bond donors (Lipinski definition) is 4. The molecule has 0 unspecified atom stereocenters. The Labute approximate surface area is 430 Å². The van der Waals surface area contributed by atoms with E-state index in [9.17, 15) is 41.2 Å². The second-order valence-corrected chi connectivity index (χ2v) is 26.0. The van der Waals surface area contributed by atoms with Gasteiger partial charge in [0.15, 0.2) is 11.4 Å². The van der Waals surface area contributed by atoms with Crippen molar-refractivity contribution in [3.8, 4) is 17.2 Å². The highest BCUT2D eigenvalue weighted by Crippen LogP contribution is 2.54. The van der Waals surface area contributed by atoms with Gasteiger partial charge in [0.05, 0.1) is 43.9 Å². The minimum absolute atomic E-state index is 0.0222. The molecular formula is C53H63FN8O10S2. The van der Waals surface area contributed by atoms with Gasteiger partial charge in [-0.2, -0.15) is 4.31 Å². The number of fused-ring (bicyclic) bond motifs is 2. The molecule has 5 aromatic rings. The van der Waals surface area contributed by atoms with E-state index >= 15 is 0 Å². The van der Waals surface area contributed by atoms with Crippen LogP contribution in [0.25, 0.3) is 11.0 Å². The van der Waals surface area contributed by atoms with E-state index in [1.807, 2.05) is 0 Å². The van der Waals surface area contributed by atoms with Crippen LogP contribution in [-0.2, 0) is 20.0 Å². The van der Waals surface area contributed by atoms with E-state index in [1.165, 1.54) is 35.7 Å². The molecule has 5 fully saturated rings. The van der Waals surface area contributed by atoms with Crippen LogP contribution in [0, 0.1) is 27.3 Å². The minimum Gasteiger partial charge on any atom is -0.489 e. The third-order valence-corrected chi connectivity index (χ3v) is 20.4. The summed E-state index contributed by atoms with van der Waals surface area (Å²) in [6.07, 6.45) is 10.3. The molecule has 18 nitrogen and oxygen atoms in total. The van der Waals surface area contributed by atoms with E-state index in [4.69, 9.17) is 9.47 Å². The van der Waals surface area contributed by atoms with Crippen molar-refractivity contribution >= 4 is 54.0 Å². The van der Waals surface area contributed by atoms with E-state index in [0.29, 0.717) is 64.4 Å². The van der Waals surface area contributed by atoms with Crippen LogP contribution < -0.4 is 24.4 Å². The molecular weight excluding hydrogens is 992 g/mol. The molecule has 1 amide bonds. The summed E-state index contributed by atoms with van der Waals surface area (Å²) in [6.45, 7) is 9.27. The molecule has 3 saturated carbocycles. The van der Waals surface area contributed by atoms with Gasteiger partial charge >= 0.3 is 0 Å². The fourth-order valence-corrected chi connectivity index (χ4v) is 15.1. The number of halogens is 1. The Bertz CT molecular complexity index is 3230. The molecule has 74 heavy (non-hydrogen) atoms. The van der Waals surface area contributed by atoms with Gasteiger partial charge in [0.2, 0.25) is 10.0 Å². The first-order chi connectivity index (χ1) is 35.3. The molecule has 6 aliphatic rings. The number of pyridine rings is 1. The molecule has 2 saturated heterocycles. The average molecular weight is 1060 g/mol. The number of ether oxygens (including phenoxy) is 2. The Morgan fingerprint density at radius 3 is 2.45 bits per heavy atom. The van der Waals surface area contributed by atoms with E-state index in [1.54, 1.807) is 23.4 Å². The molecule has 2 aromatic heterocycles. The molecule has 0 bridgehead atoms. The lowest BCUT2D eigenvalue weighted by Crippen LogP contribution is -2.60. The van der Waals surface area contributed by atoms with Crippen molar-refractivity contribution < 1.29 is 45.5 Å². The van der Waals surface area contributed by atoms with Crippen molar-refractivity contribution in [2.45, 2.75) is 125 Å². The number of anilines is 2. The van der Waals surface area contributed by atoms with E-state index in [0.717, 1.165) is 56.3 Å². The van der Waals surface area contributed by atoms with Crippen molar-refractivity contribution in [2.75, 3.05) is 49.5 Å². The van der Waals surface area contributed by atoms with Gasteiger partial charge in [-0.25, -0.2) is 30.9 Å². The number of H-pyrrole nitrogens is 1. The maximum atomic E-state index is 14.7. The molecule has 1 spiro atoms. The van der Waals surface area contributed by atoms with Gasteiger partial charge < -0.3 is 29.8 Å². The molecule has 394 valence electrons. The predicted molar refractivity (Wildman–Crippen MR) is 276 cm³/mol. The van der Waals surface area contributed by atoms with Crippen molar-refractivity contribution in [1.82, 2.24) is 23.9 Å². The number of nitrogens with one attached hydrogen (secondary N) is 3. The number of sulfonamides is 2. The number of benzene rings is 3. The SMILES string of the molecule is CC(C)c1ccccc1[C@H]1CN(S(=O)(=O)C2CC2)CCN1C1CC2(CCN(c3ccc(C(=O)NS(=O)(=O)c4cc5c(c([N+](=O)[O-])c4)N[C@@H]([C@H]4CC[C@](C)(O)CC4)CO5)c(Oc4cnc5[nH]cc(F)c5c4)c3)CC2)C1. The Balaban J connectivity index is 0.809. The maximum absolute atomic E-state index is 14.7. The number of aromatic nitrogens is 2. The maximum Gasteiger partial charge on any atom is 0.297 e. The number of piperidine rings is 1. The average Bonchev–Trinajstić information content (AvgIpc) is 4.18. The largest absolute Gasteiger partial charge is 0.489 e. The summed E-state index contributed by atoms with van der Waals surface area (Å²) >= 11 is 0. The summed E-state index contributed by atoms with van der Waals surface area (Å²) in [5.74, 6) is -1.25. The zero-order chi connectivity index (χ0) is 51.9. The number of aliphatic hydroxyl groups is 1. The van der Waals surface area contributed by atoms with Gasteiger partial charge in [0.25, 0.3) is 21.6 Å². The number of aromatic amines is 1. The summed E-state index contributed by atoms with van der Waals surface area (Å²) in [7, 11) is -8.09. The van der Waals surface area contributed by atoms with Crippen LogP contribution in [0.4, 0.5) is 21.5 Å². The van der Waals surface area contributed by atoms with Crippen LogP contribution in [0.3, 0.4) is 0 Å². The summed E-state index contributed by atoms with van der Waals surface area (Å²) in [4.78, 5) is 37.1. The van der Waals surface area contributed by atoms with Crippen molar-refractivity contribution in [3.63, 3.8) is 0 Å². The van der Waals surface area contributed by atoms with Gasteiger partial charge in [-0.05, 0) is 118 Å². The molecule has 3 aliphatic carbocycles. The number of hydrogen-bond acceptors (Lipinski definition) is 14. The molecule has 0 radical (unpaired) electrons. The Hall–Kier alpha value is -5.87. The second-order valence-electron chi connectivity index (χ2n) is 22.1. The Morgan fingerprint density at radius 2 is 1.73 bits per heavy atom. The van der Waals surface area contributed by atoms with Gasteiger partial charge in [-0.1, -0.05) is 38.1 Å². The van der Waals surface area contributed by atoms with Gasteiger partial charge in [-0.15, -0.1) is 0 Å². The monoisotopic (exact) mass is 1050 g/mol. The normalized spacial score (nSPS) is 24.7. The predicted octanol–water partition coefficient (Wildman–Crippen LogP) is 8.36. The summed E-state index contributed by atoms with van der Waals surface area (Å²) < 4.78 is 86.0. The third-order valence-electron chi connectivity index (χ3n) is 16.8. The number of nitro benzene ring substituents is 1. The number of nitrogens with zero attached hydrogens (tertiary/aromatic N) is 5. The molecule has 2 atom stereocenters. The molecule has 5 heterocycles. The molecule has 3 aliphatic heterocycles. The number of piperazine rings is 1. The smallest absolute Gasteiger partial charge is 0.297 e. The van der Waals surface area contributed by atoms with Gasteiger partial charge in [0.1, 0.15) is 29.6 Å². The van der Waals surface area contributed by atoms with Crippen molar-refractivity contribution in [3.05, 3.63) is 106 Å². The first kappa shape index (κ1) is 50.3. The quantitative estimate of drug-likeness (QED) is 0.0642. The number of rotatable bonds is 13. The molecule has 3 aromatic carbocycles. The molecule has 21 heteroatoms. The van der Waals surface area contributed by atoms with Gasteiger partial charge in [-0.3, -0.25) is 19.8 Å². The summed E-state index contributed by atoms with van der Waals surface area (Å²) in [5, 5.41) is 26.0. The molecule has 4 N–H and O–H groups in total. The Morgan fingerprint density at radius 1 is 0.986 bits per heavy atom. The van der Waals surface area contributed by atoms with Crippen LogP contribution in [0.15, 0.2) is 78.0 Å². The molecule has 11 rings (SSSR count). The van der Waals surface area contributed by atoms with Crippen molar-refractivity contribution in [2.24, 2.45) is 11.3 Å². The summed E-state index contributed by atoms with van der Waals surface area (Å²) in [6, 6.07) is 16.7. The van der Waals surface area contributed by atoms with E-state index in [-0.39, 0.29) is 80.7 Å². The van der Waals surface area contributed by atoms with E-state index < -0.39 is 52.9 Å². The van der Waals surface area contributed by atoms with Gasteiger partial charge in [0, 0.05) is 74.9 Å². The highest BCUT2D eigenvalue weighted by atomic mass is 32.2. The fraction of sp³-hybridized carbons (Fsp3) is 0.509. The second kappa shape index (κ2) is 19.1. The lowest BCUT2D eigenvalue weighted by molar-refractivity contribution is -0.384. The third kappa shape index (κ3) is 9.69. The highest BCUT2D eigenvalue weighted by molar-refractivity contribution is 7.90. The van der Waals surface area contributed by atoms with Crippen LogP contribution in [-0.4, -0.2) is 114 Å². The number of carbonyl (C=O) groups excluding carboxylic acids is 1. The number of amides is 1. The first-order valence-corrected chi connectivity index (χ1v) is 28.8. The topological polar surface area (TPSA) is 230 Å². The first-order valence-electron chi connectivity index (χ1n) is 25.8. The summed E-state index contributed by atoms with van der Waals surface area (Å²) in [5.41, 5.74) is 2.11. The highest BCUT2D eigenvalue weighted by Gasteiger charge is 2.52. The van der Waals surface area contributed by atoms with Crippen molar-refractivity contribution in [1.29, 1.82) is 0 Å². The van der Waals surface area contributed by atoms with Crippen LogP contribution >= 0.6 is 0 Å². The lowest BCUT2D eigenvalue weighted by Gasteiger charge is -2.58. The van der Waals surface area contributed by atoms with Crippen LogP contribution in [0.5, 0.6) is 17.2 Å². The van der Waals surface area contributed by atoms with Crippen LogP contribution in [0.2, 0.25) is 0 Å².